The van der Waals surface area contributed by atoms with E-state index < -0.39 is 24.9 Å². The van der Waals surface area contributed by atoms with Crippen molar-refractivity contribution in [2.24, 2.45) is 0 Å². The summed E-state index contributed by atoms with van der Waals surface area (Å²) in [5, 5.41) is 9.38. The van der Waals surface area contributed by atoms with Crippen LogP contribution in [0, 0.1) is 0 Å². The van der Waals surface area contributed by atoms with E-state index in [9.17, 15) is 19.4 Å². The second-order valence-electron chi connectivity index (χ2n) is 5.26. The van der Waals surface area contributed by atoms with Crippen LogP contribution in [-0.4, -0.2) is 46.9 Å². The van der Waals surface area contributed by atoms with Crippen LogP contribution in [0.4, 0.5) is 0 Å². The molecule has 19 heavy (non-hydrogen) atoms. The Morgan fingerprint density at radius 2 is 2.05 bits per heavy atom. The molecule has 0 amide bonds. The van der Waals surface area contributed by atoms with Crippen LogP contribution in [0.2, 0.25) is 0 Å². The highest BCUT2D eigenvalue weighted by molar-refractivity contribution is 7.58. The van der Waals surface area contributed by atoms with Crippen molar-refractivity contribution in [2.75, 3.05) is 20.4 Å². The van der Waals surface area contributed by atoms with Gasteiger partial charge in [0.25, 0.3) is 0 Å². The number of carbonyl (C=O) groups is 1. The minimum Gasteiger partial charge on any atom is -0.481 e. The molecule has 104 valence electrons. The summed E-state index contributed by atoms with van der Waals surface area (Å²) in [6, 6.07) is 7.17. The Labute approximate surface area is 112 Å². The number of hydrogen-bond acceptors (Lipinski definition) is 3. The first-order valence-corrected chi connectivity index (χ1v) is 8.01. The molecular formula is C13H18NO4P. The molecule has 1 aromatic rings. The summed E-state index contributed by atoms with van der Waals surface area (Å²) < 4.78 is 12.5. The quantitative estimate of drug-likeness (QED) is 0.820. The number of carboxylic acid groups (broad SMARTS) is 1. The minimum absolute atomic E-state index is 0.00936. The molecule has 0 saturated carbocycles. The van der Waals surface area contributed by atoms with Crippen LogP contribution in [0.3, 0.4) is 0 Å². The molecule has 1 aliphatic rings. The summed E-state index contributed by atoms with van der Waals surface area (Å²) in [6.45, 7) is 0. The van der Waals surface area contributed by atoms with E-state index in [-0.39, 0.29) is 6.29 Å². The first-order chi connectivity index (χ1) is 8.83. The molecule has 0 heterocycles. The van der Waals surface area contributed by atoms with Gasteiger partial charge in [0.2, 0.25) is 7.37 Å². The average molecular weight is 283 g/mol. The lowest BCUT2D eigenvalue weighted by atomic mass is 10.0. The highest BCUT2D eigenvalue weighted by Crippen LogP contribution is 2.56. The molecule has 1 unspecified atom stereocenters. The van der Waals surface area contributed by atoms with Gasteiger partial charge in [-0.15, -0.1) is 0 Å². The van der Waals surface area contributed by atoms with Crippen molar-refractivity contribution in [2.45, 2.75) is 18.0 Å². The monoisotopic (exact) mass is 283 g/mol. The standard InChI is InChI=1S/C13H18NO4P/c1-14(2)8-19(17,18)11-7-9-5-3-4-6-10(9)12(11)13(15)16/h3-6,11-12H,7-8H2,1-2H3,(H,15,16)(H,17,18)/t11-,12+/m0/s1. The van der Waals surface area contributed by atoms with Gasteiger partial charge in [0.15, 0.2) is 0 Å². The third-order valence-electron chi connectivity index (χ3n) is 3.47. The first-order valence-electron chi connectivity index (χ1n) is 6.10. The molecule has 2 rings (SSSR count). The topological polar surface area (TPSA) is 77.8 Å². The van der Waals surface area contributed by atoms with E-state index in [1.807, 2.05) is 12.1 Å². The molecule has 0 bridgehead atoms. The highest BCUT2D eigenvalue weighted by Gasteiger charge is 2.47. The number of fused-ring (bicyclic) bond motifs is 1. The van der Waals surface area contributed by atoms with Crippen LogP contribution in [0.15, 0.2) is 24.3 Å². The summed E-state index contributed by atoms with van der Waals surface area (Å²) in [7, 11) is -0.126. The second-order valence-corrected chi connectivity index (χ2v) is 7.72. The van der Waals surface area contributed by atoms with Crippen molar-refractivity contribution in [1.29, 1.82) is 0 Å². The van der Waals surface area contributed by atoms with Gasteiger partial charge in [-0.05, 0) is 31.6 Å². The minimum atomic E-state index is -3.54. The van der Waals surface area contributed by atoms with Crippen LogP contribution < -0.4 is 0 Å². The van der Waals surface area contributed by atoms with Crippen LogP contribution in [-0.2, 0) is 15.8 Å². The predicted octanol–water partition coefficient (Wildman–Crippen LogP) is 1.57. The predicted molar refractivity (Wildman–Crippen MR) is 72.7 cm³/mol. The van der Waals surface area contributed by atoms with Gasteiger partial charge in [0.1, 0.15) is 0 Å². The van der Waals surface area contributed by atoms with Crippen molar-refractivity contribution < 1.29 is 19.4 Å². The first kappa shape index (κ1) is 14.3. The molecule has 0 saturated heterocycles. The van der Waals surface area contributed by atoms with Gasteiger partial charge in [0, 0.05) is 0 Å². The van der Waals surface area contributed by atoms with E-state index in [0.29, 0.717) is 12.0 Å². The van der Waals surface area contributed by atoms with E-state index in [4.69, 9.17) is 0 Å². The number of carboxylic acids is 1. The lowest BCUT2D eigenvalue weighted by Gasteiger charge is -2.25. The van der Waals surface area contributed by atoms with Crippen molar-refractivity contribution in [3.05, 3.63) is 35.4 Å². The maximum Gasteiger partial charge on any atom is 0.311 e. The van der Waals surface area contributed by atoms with Gasteiger partial charge in [0.05, 0.1) is 17.9 Å². The van der Waals surface area contributed by atoms with Crippen molar-refractivity contribution >= 4 is 13.3 Å². The smallest absolute Gasteiger partial charge is 0.311 e. The van der Waals surface area contributed by atoms with E-state index in [0.717, 1.165) is 5.56 Å². The van der Waals surface area contributed by atoms with Crippen LogP contribution in [0.25, 0.3) is 0 Å². The largest absolute Gasteiger partial charge is 0.481 e. The fourth-order valence-electron chi connectivity index (χ4n) is 2.76. The van der Waals surface area contributed by atoms with E-state index in [2.05, 4.69) is 0 Å². The van der Waals surface area contributed by atoms with Crippen LogP contribution in [0.1, 0.15) is 17.0 Å². The molecule has 0 radical (unpaired) electrons. The van der Waals surface area contributed by atoms with Gasteiger partial charge >= 0.3 is 5.97 Å². The summed E-state index contributed by atoms with van der Waals surface area (Å²) >= 11 is 0. The zero-order valence-electron chi connectivity index (χ0n) is 11.0. The molecule has 0 aromatic heterocycles. The van der Waals surface area contributed by atoms with Gasteiger partial charge in [-0.3, -0.25) is 9.36 Å². The summed E-state index contributed by atoms with van der Waals surface area (Å²) in [6.07, 6.45) is 0.365. The van der Waals surface area contributed by atoms with Crippen molar-refractivity contribution in [3.63, 3.8) is 0 Å². The maximum atomic E-state index is 12.5. The Morgan fingerprint density at radius 1 is 1.42 bits per heavy atom. The number of nitrogens with zero attached hydrogens (tertiary/aromatic N) is 1. The molecule has 3 atom stereocenters. The number of hydrogen-bond donors (Lipinski definition) is 2. The third kappa shape index (κ3) is 2.73. The molecule has 0 spiro atoms. The number of rotatable bonds is 4. The van der Waals surface area contributed by atoms with Gasteiger partial charge in [-0.25, -0.2) is 0 Å². The van der Waals surface area contributed by atoms with Crippen molar-refractivity contribution in [3.8, 4) is 0 Å². The SMILES string of the molecule is CN(C)CP(=O)(O)[C@H]1Cc2ccccc2[C@H]1C(=O)O. The Hall–Kier alpha value is -1.16. The number of benzene rings is 1. The molecule has 0 aliphatic heterocycles. The van der Waals surface area contributed by atoms with Crippen LogP contribution >= 0.6 is 7.37 Å². The Balaban J connectivity index is 2.39. The molecule has 2 N–H and O–H groups in total. The zero-order chi connectivity index (χ0) is 14.2. The van der Waals surface area contributed by atoms with Crippen LogP contribution in [0.5, 0.6) is 0 Å². The lowest BCUT2D eigenvalue weighted by molar-refractivity contribution is -0.138. The van der Waals surface area contributed by atoms with E-state index in [1.54, 1.807) is 31.1 Å². The molecule has 0 fully saturated rings. The fourth-order valence-corrected chi connectivity index (χ4v) is 5.01. The van der Waals surface area contributed by atoms with E-state index in [1.165, 1.54) is 0 Å². The summed E-state index contributed by atoms with van der Waals surface area (Å²) in [5.41, 5.74) is 0.811. The Kier molecular flexibility index (Phi) is 3.81. The third-order valence-corrected chi connectivity index (χ3v) is 5.96. The number of aliphatic carboxylic acids is 1. The van der Waals surface area contributed by atoms with Gasteiger partial charge in [-0.1, -0.05) is 24.3 Å². The van der Waals surface area contributed by atoms with Crippen molar-refractivity contribution in [1.82, 2.24) is 4.90 Å². The highest BCUT2D eigenvalue weighted by atomic mass is 31.2. The summed E-state index contributed by atoms with van der Waals surface area (Å²) in [5.74, 6) is -1.91. The molecule has 5 nitrogen and oxygen atoms in total. The normalized spacial score (nSPS) is 25.1. The Bertz CT molecular complexity index is 543. The Morgan fingerprint density at radius 3 is 2.63 bits per heavy atom. The van der Waals surface area contributed by atoms with Gasteiger partial charge in [-0.2, -0.15) is 0 Å². The maximum absolute atomic E-state index is 12.5. The van der Waals surface area contributed by atoms with E-state index >= 15 is 0 Å². The second kappa shape index (κ2) is 5.08. The fraction of sp³-hybridized carbons (Fsp3) is 0.462. The molecule has 1 aromatic carbocycles. The molecule has 1 aliphatic carbocycles. The lowest BCUT2D eigenvalue weighted by Crippen LogP contribution is -2.27. The average Bonchev–Trinajstić information content (AvgIpc) is 2.67. The molecule has 6 heteroatoms. The molecular weight excluding hydrogens is 265 g/mol. The summed E-state index contributed by atoms with van der Waals surface area (Å²) in [4.78, 5) is 23.3. The van der Waals surface area contributed by atoms with Gasteiger partial charge < -0.3 is 14.9 Å². The zero-order valence-corrected chi connectivity index (χ0v) is 11.9.